The van der Waals surface area contributed by atoms with Gasteiger partial charge in [0.1, 0.15) is 16.7 Å². The zero-order valence-electron chi connectivity index (χ0n) is 15.3. The van der Waals surface area contributed by atoms with E-state index in [1.54, 1.807) is 31.3 Å². The van der Waals surface area contributed by atoms with Crippen LogP contribution in [0.2, 0.25) is 5.02 Å². The average Bonchev–Trinajstić information content (AvgIpc) is 2.93. The van der Waals surface area contributed by atoms with Gasteiger partial charge < -0.3 is 9.26 Å². The first-order chi connectivity index (χ1) is 12.1. The van der Waals surface area contributed by atoms with Crippen LogP contribution in [0.5, 0.6) is 0 Å². The van der Waals surface area contributed by atoms with Gasteiger partial charge in [0, 0.05) is 28.8 Å². The smallest absolute Gasteiger partial charge is 0.338 e. The van der Waals surface area contributed by atoms with Gasteiger partial charge >= 0.3 is 5.97 Å². The minimum Gasteiger partial charge on any atom is -0.465 e. The first-order valence-corrected chi connectivity index (χ1v) is 9.41. The van der Waals surface area contributed by atoms with Gasteiger partial charge in [0.05, 0.1) is 23.1 Å². The summed E-state index contributed by atoms with van der Waals surface area (Å²) in [5.41, 5.74) is 2.23. The SMILES string of the molecule is COC(=O)c1cc(Cl)ccc1-c1c(C)noc1C/C=N/[S@@](=O)C(C)(C)C. The molecule has 0 aliphatic heterocycles. The number of aromatic nitrogens is 1. The number of carbonyl (C=O) groups excluding carboxylic acids is 1. The van der Waals surface area contributed by atoms with Crippen molar-refractivity contribution in [1.29, 1.82) is 0 Å². The van der Waals surface area contributed by atoms with Gasteiger partial charge in [-0.15, -0.1) is 0 Å². The monoisotopic (exact) mass is 396 g/mol. The van der Waals surface area contributed by atoms with Crippen molar-refractivity contribution in [2.24, 2.45) is 4.40 Å². The highest BCUT2D eigenvalue weighted by Gasteiger charge is 2.22. The summed E-state index contributed by atoms with van der Waals surface area (Å²) >= 11 is 6.02. The van der Waals surface area contributed by atoms with E-state index in [1.165, 1.54) is 7.11 Å². The molecule has 0 aliphatic carbocycles. The maximum absolute atomic E-state index is 12.1. The van der Waals surface area contributed by atoms with Crippen molar-refractivity contribution in [3.8, 4) is 11.1 Å². The Bertz CT molecular complexity index is 869. The molecule has 0 saturated heterocycles. The number of hydrogen-bond acceptors (Lipinski definition) is 5. The van der Waals surface area contributed by atoms with Crippen LogP contribution in [-0.2, 0) is 22.1 Å². The molecule has 0 N–H and O–H groups in total. The van der Waals surface area contributed by atoms with Crippen molar-refractivity contribution >= 4 is 34.8 Å². The molecule has 2 rings (SSSR count). The molecule has 0 saturated carbocycles. The molecule has 0 aliphatic rings. The van der Waals surface area contributed by atoms with Crippen LogP contribution in [0.25, 0.3) is 11.1 Å². The predicted octanol–water partition coefficient (Wildman–Crippen LogP) is 4.17. The number of nitrogens with zero attached hydrogens (tertiary/aromatic N) is 2. The summed E-state index contributed by atoms with van der Waals surface area (Å²) in [7, 11) is -0.0473. The van der Waals surface area contributed by atoms with E-state index in [-0.39, 0.29) is 0 Å². The van der Waals surface area contributed by atoms with E-state index in [0.717, 1.165) is 0 Å². The summed E-state index contributed by atoms with van der Waals surface area (Å²) in [6, 6.07) is 4.95. The quantitative estimate of drug-likeness (QED) is 0.559. The Morgan fingerprint density at radius 1 is 1.42 bits per heavy atom. The van der Waals surface area contributed by atoms with Gasteiger partial charge in [-0.3, -0.25) is 0 Å². The maximum Gasteiger partial charge on any atom is 0.338 e. The highest BCUT2D eigenvalue weighted by Crippen LogP contribution is 2.32. The van der Waals surface area contributed by atoms with Gasteiger partial charge in [0.25, 0.3) is 0 Å². The lowest BCUT2D eigenvalue weighted by Crippen LogP contribution is -2.19. The van der Waals surface area contributed by atoms with E-state index in [1.807, 2.05) is 20.8 Å². The molecule has 0 radical (unpaired) electrons. The maximum atomic E-state index is 12.1. The van der Waals surface area contributed by atoms with Crippen LogP contribution in [-0.4, -0.2) is 33.4 Å². The minimum atomic E-state index is -1.36. The van der Waals surface area contributed by atoms with Crippen LogP contribution in [0.1, 0.15) is 42.6 Å². The van der Waals surface area contributed by atoms with Gasteiger partial charge in [0.2, 0.25) is 0 Å². The third-order valence-electron chi connectivity index (χ3n) is 3.56. The third kappa shape index (κ3) is 4.59. The molecule has 0 fully saturated rings. The molecule has 1 aromatic heterocycles. The molecule has 1 heterocycles. The van der Waals surface area contributed by atoms with Crippen LogP contribution in [0.4, 0.5) is 0 Å². The number of carbonyl (C=O) groups is 1. The second-order valence-corrected chi connectivity index (χ2v) is 8.97. The largest absolute Gasteiger partial charge is 0.465 e. The summed E-state index contributed by atoms with van der Waals surface area (Å²) in [6.45, 7) is 7.32. The summed E-state index contributed by atoms with van der Waals surface area (Å²) in [4.78, 5) is 12.1. The highest BCUT2D eigenvalue weighted by atomic mass is 35.5. The lowest BCUT2D eigenvalue weighted by atomic mass is 9.97. The summed E-state index contributed by atoms with van der Waals surface area (Å²) in [6.07, 6.45) is 1.83. The number of aryl methyl sites for hydroxylation is 1. The van der Waals surface area contributed by atoms with Crippen LogP contribution < -0.4 is 0 Å². The lowest BCUT2D eigenvalue weighted by Gasteiger charge is -2.12. The number of hydrogen-bond donors (Lipinski definition) is 0. The van der Waals surface area contributed by atoms with Gasteiger partial charge in [-0.25, -0.2) is 9.00 Å². The molecule has 0 unspecified atom stereocenters. The van der Waals surface area contributed by atoms with Crippen LogP contribution in [0.15, 0.2) is 27.1 Å². The van der Waals surface area contributed by atoms with E-state index in [0.29, 0.717) is 39.6 Å². The molecule has 2 aromatic rings. The second-order valence-electron chi connectivity index (χ2n) is 6.60. The van der Waals surface area contributed by atoms with Crippen molar-refractivity contribution in [3.05, 3.63) is 40.2 Å². The van der Waals surface area contributed by atoms with Gasteiger partial charge in [-0.2, -0.15) is 4.40 Å². The molecule has 0 spiro atoms. The minimum absolute atomic E-state index is 0.293. The van der Waals surface area contributed by atoms with E-state index >= 15 is 0 Å². The third-order valence-corrected chi connectivity index (χ3v) is 5.18. The molecular formula is C18H21ClN2O4S. The van der Waals surface area contributed by atoms with Crippen LogP contribution >= 0.6 is 11.6 Å². The Balaban J connectivity index is 2.42. The van der Waals surface area contributed by atoms with Gasteiger partial charge in [-0.05, 0) is 39.8 Å². The highest BCUT2D eigenvalue weighted by molar-refractivity contribution is 7.85. The Labute approximate surface area is 160 Å². The number of rotatable bonds is 5. The summed E-state index contributed by atoms with van der Waals surface area (Å²) in [5.74, 6) is 0.0150. The van der Waals surface area contributed by atoms with Crippen molar-refractivity contribution < 1.29 is 18.3 Å². The van der Waals surface area contributed by atoms with Crippen LogP contribution in [0, 0.1) is 6.92 Å². The summed E-state index contributed by atoms with van der Waals surface area (Å²) < 4.78 is 25.9. The standard InChI is InChI=1S/C18H21ClN2O4S/c1-11-16(13-7-6-12(19)10-14(13)17(22)24-5)15(25-21-11)8-9-20-26(23)18(2,3)4/h6-7,9-10H,8H2,1-5H3/b20-9+/t26-/m0/s1. The topological polar surface area (TPSA) is 81.8 Å². The number of halogens is 1. The first-order valence-electron chi connectivity index (χ1n) is 7.93. The Morgan fingerprint density at radius 2 is 2.12 bits per heavy atom. The fourth-order valence-electron chi connectivity index (χ4n) is 2.26. The fraction of sp³-hybridized carbons (Fsp3) is 0.389. The molecule has 6 nitrogen and oxygen atoms in total. The zero-order chi connectivity index (χ0) is 19.5. The zero-order valence-corrected chi connectivity index (χ0v) is 16.9. The van der Waals surface area contributed by atoms with E-state index in [9.17, 15) is 9.00 Å². The molecule has 0 amide bonds. The normalized spacial score (nSPS) is 13.2. The number of benzene rings is 1. The fourth-order valence-corrected chi connectivity index (χ4v) is 2.96. The van der Waals surface area contributed by atoms with Crippen molar-refractivity contribution in [3.63, 3.8) is 0 Å². The molecular weight excluding hydrogens is 376 g/mol. The van der Waals surface area contributed by atoms with E-state index in [4.69, 9.17) is 20.9 Å². The lowest BCUT2D eigenvalue weighted by molar-refractivity contribution is 0.0601. The Hall–Kier alpha value is -1.99. The molecule has 140 valence electrons. The number of ether oxygens (including phenoxy) is 1. The van der Waals surface area contributed by atoms with Gasteiger partial charge in [-0.1, -0.05) is 22.8 Å². The molecule has 0 bridgehead atoms. The molecule has 26 heavy (non-hydrogen) atoms. The second kappa shape index (κ2) is 8.14. The first kappa shape index (κ1) is 20.3. The van der Waals surface area contributed by atoms with E-state index in [2.05, 4.69) is 9.55 Å². The van der Waals surface area contributed by atoms with Crippen LogP contribution in [0.3, 0.4) is 0 Å². The predicted molar refractivity (Wildman–Crippen MR) is 103 cm³/mol. The summed E-state index contributed by atoms with van der Waals surface area (Å²) in [5, 5.41) is 4.41. The van der Waals surface area contributed by atoms with Crippen molar-refractivity contribution in [2.75, 3.05) is 7.11 Å². The van der Waals surface area contributed by atoms with Crippen molar-refractivity contribution in [2.45, 2.75) is 38.9 Å². The van der Waals surface area contributed by atoms with Crippen molar-refractivity contribution in [1.82, 2.24) is 5.16 Å². The molecule has 8 heteroatoms. The van der Waals surface area contributed by atoms with E-state index < -0.39 is 21.7 Å². The molecule has 1 atom stereocenters. The Kier molecular flexibility index (Phi) is 6.36. The van der Waals surface area contributed by atoms with Gasteiger partial charge in [0.15, 0.2) is 0 Å². The number of methoxy groups -OCH3 is 1. The molecule has 1 aromatic carbocycles. The number of esters is 1. The Morgan fingerprint density at radius 3 is 2.73 bits per heavy atom. The average molecular weight is 397 g/mol.